The zero-order valence-corrected chi connectivity index (χ0v) is 10.9. The first-order valence-corrected chi connectivity index (χ1v) is 6.30. The van der Waals surface area contributed by atoms with Crippen molar-refractivity contribution >= 4 is 11.7 Å². The molecule has 5 heteroatoms. The van der Waals surface area contributed by atoms with E-state index in [2.05, 4.69) is 23.7 Å². The van der Waals surface area contributed by atoms with Crippen molar-refractivity contribution in [1.82, 2.24) is 4.98 Å². The number of pyridine rings is 1. The van der Waals surface area contributed by atoms with Crippen LogP contribution < -0.4 is 10.6 Å². The van der Waals surface area contributed by atoms with Crippen molar-refractivity contribution in [3.8, 4) is 0 Å². The first kappa shape index (κ1) is 12.8. The minimum atomic E-state index is 0.0523. The first-order valence-electron chi connectivity index (χ1n) is 6.30. The number of anilines is 1. The zero-order chi connectivity index (χ0) is 13.1. The molecule has 2 heterocycles. The maximum absolute atomic E-state index is 7.36. The number of ether oxygens (including phenoxy) is 1. The van der Waals surface area contributed by atoms with Gasteiger partial charge in [0.2, 0.25) is 0 Å². The van der Waals surface area contributed by atoms with Crippen LogP contribution in [-0.4, -0.2) is 36.1 Å². The Labute approximate surface area is 107 Å². The van der Waals surface area contributed by atoms with Gasteiger partial charge in [0.15, 0.2) is 0 Å². The number of rotatable bonds is 3. The van der Waals surface area contributed by atoms with E-state index >= 15 is 0 Å². The van der Waals surface area contributed by atoms with Gasteiger partial charge in [-0.3, -0.25) is 5.41 Å². The van der Waals surface area contributed by atoms with E-state index in [1.807, 2.05) is 12.1 Å². The van der Waals surface area contributed by atoms with Gasteiger partial charge < -0.3 is 15.4 Å². The molecule has 0 bridgehead atoms. The van der Waals surface area contributed by atoms with Crippen LogP contribution in [0.2, 0.25) is 0 Å². The molecular weight excluding hydrogens is 228 g/mol. The highest BCUT2D eigenvalue weighted by atomic mass is 16.5. The Morgan fingerprint density at radius 3 is 2.94 bits per heavy atom. The van der Waals surface area contributed by atoms with Gasteiger partial charge in [-0.25, -0.2) is 4.98 Å². The third-order valence-electron chi connectivity index (χ3n) is 3.29. The van der Waals surface area contributed by atoms with Crippen LogP contribution in [0.5, 0.6) is 0 Å². The van der Waals surface area contributed by atoms with Crippen LogP contribution in [0.15, 0.2) is 18.3 Å². The van der Waals surface area contributed by atoms with E-state index < -0.39 is 0 Å². The lowest BCUT2D eigenvalue weighted by Crippen LogP contribution is -2.49. The van der Waals surface area contributed by atoms with Gasteiger partial charge in [-0.1, -0.05) is 6.92 Å². The van der Waals surface area contributed by atoms with Crippen molar-refractivity contribution in [2.75, 3.05) is 18.1 Å². The Hall–Kier alpha value is -1.62. The lowest BCUT2D eigenvalue weighted by Gasteiger charge is -2.39. The molecule has 1 aliphatic rings. The van der Waals surface area contributed by atoms with Gasteiger partial charge in [0, 0.05) is 18.3 Å². The monoisotopic (exact) mass is 248 g/mol. The quantitative estimate of drug-likeness (QED) is 0.626. The minimum absolute atomic E-state index is 0.0523. The van der Waals surface area contributed by atoms with E-state index in [-0.39, 0.29) is 11.9 Å². The SMILES string of the molecule is CCC1COC(C)CN1c1ccc(C(=N)N)cn1. The van der Waals surface area contributed by atoms with Crippen LogP contribution >= 0.6 is 0 Å². The molecule has 0 aliphatic carbocycles. The molecule has 0 saturated carbocycles. The Bertz CT molecular complexity index is 418. The number of amidine groups is 1. The van der Waals surface area contributed by atoms with Crippen LogP contribution in [0.25, 0.3) is 0 Å². The number of aromatic nitrogens is 1. The van der Waals surface area contributed by atoms with Crippen molar-refractivity contribution in [3.63, 3.8) is 0 Å². The second-order valence-corrected chi connectivity index (χ2v) is 4.68. The summed E-state index contributed by atoms with van der Waals surface area (Å²) in [6, 6.07) is 4.14. The minimum Gasteiger partial charge on any atom is -0.384 e. The molecule has 2 atom stereocenters. The summed E-state index contributed by atoms with van der Waals surface area (Å²) in [6.07, 6.45) is 2.91. The van der Waals surface area contributed by atoms with E-state index in [1.165, 1.54) is 0 Å². The fourth-order valence-electron chi connectivity index (χ4n) is 2.18. The maximum atomic E-state index is 7.36. The molecule has 0 amide bonds. The summed E-state index contributed by atoms with van der Waals surface area (Å²) in [5.74, 6) is 0.985. The van der Waals surface area contributed by atoms with Crippen molar-refractivity contribution in [1.29, 1.82) is 5.41 Å². The van der Waals surface area contributed by atoms with Crippen LogP contribution in [-0.2, 0) is 4.74 Å². The molecule has 1 aliphatic heterocycles. The third kappa shape index (κ3) is 2.61. The van der Waals surface area contributed by atoms with E-state index in [0.29, 0.717) is 11.6 Å². The smallest absolute Gasteiger partial charge is 0.128 e. The lowest BCUT2D eigenvalue weighted by molar-refractivity contribution is 0.0296. The van der Waals surface area contributed by atoms with E-state index in [9.17, 15) is 0 Å². The number of nitrogen functional groups attached to an aromatic ring is 1. The number of hydrogen-bond donors (Lipinski definition) is 2. The van der Waals surface area contributed by atoms with Gasteiger partial charge in [-0.15, -0.1) is 0 Å². The molecular formula is C13H20N4O. The summed E-state index contributed by atoms with van der Waals surface area (Å²) in [6.45, 7) is 5.82. The molecule has 1 aromatic heterocycles. The average molecular weight is 248 g/mol. The number of nitrogens with zero attached hydrogens (tertiary/aromatic N) is 2. The van der Waals surface area contributed by atoms with Gasteiger partial charge in [0.25, 0.3) is 0 Å². The molecule has 1 saturated heterocycles. The summed E-state index contributed by atoms with van der Waals surface area (Å²) >= 11 is 0. The van der Waals surface area contributed by atoms with Crippen molar-refractivity contribution in [2.24, 2.45) is 5.73 Å². The molecule has 0 spiro atoms. The second-order valence-electron chi connectivity index (χ2n) is 4.68. The first-order chi connectivity index (χ1) is 8.61. The van der Waals surface area contributed by atoms with Crippen LogP contribution in [0.3, 0.4) is 0 Å². The molecule has 5 nitrogen and oxygen atoms in total. The van der Waals surface area contributed by atoms with Gasteiger partial charge >= 0.3 is 0 Å². The Morgan fingerprint density at radius 1 is 1.61 bits per heavy atom. The molecule has 98 valence electrons. The summed E-state index contributed by atoms with van der Waals surface area (Å²) in [5.41, 5.74) is 6.09. The maximum Gasteiger partial charge on any atom is 0.128 e. The highest BCUT2D eigenvalue weighted by molar-refractivity contribution is 5.94. The second kappa shape index (κ2) is 5.35. The molecule has 3 N–H and O–H groups in total. The number of morpholine rings is 1. The van der Waals surface area contributed by atoms with Crippen molar-refractivity contribution < 1.29 is 4.74 Å². The highest BCUT2D eigenvalue weighted by Crippen LogP contribution is 2.21. The Balaban J connectivity index is 2.20. The molecule has 1 fully saturated rings. The third-order valence-corrected chi connectivity index (χ3v) is 3.29. The fraction of sp³-hybridized carbons (Fsp3) is 0.538. The van der Waals surface area contributed by atoms with Gasteiger partial charge in [-0.05, 0) is 25.5 Å². The Morgan fingerprint density at radius 2 is 2.39 bits per heavy atom. The predicted octanol–water partition coefficient (Wildman–Crippen LogP) is 1.37. The predicted molar refractivity (Wildman–Crippen MR) is 72.1 cm³/mol. The number of nitrogens with two attached hydrogens (primary N) is 1. The molecule has 0 radical (unpaired) electrons. The van der Waals surface area contributed by atoms with E-state index in [1.54, 1.807) is 6.20 Å². The topological polar surface area (TPSA) is 75.2 Å². The lowest BCUT2D eigenvalue weighted by atomic mass is 10.1. The zero-order valence-electron chi connectivity index (χ0n) is 10.9. The van der Waals surface area contributed by atoms with Crippen molar-refractivity contribution in [2.45, 2.75) is 32.4 Å². The molecule has 2 rings (SSSR count). The number of hydrogen-bond acceptors (Lipinski definition) is 4. The summed E-state index contributed by atoms with van der Waals surface area (Å²) in [5, 5.41) is 7.36. The highest BCUT2D eigenvalue weighted by Gasteiger charge is 2.26. The van der Waals surface area contributed by atoms with Crippen LogP contribution in [0.1, 0.15) is 25.8 Å². The average Bonchev–Trinajstić information content (AvgIpc) is 2.39. The fourth-order valence-corrected chi connectivity index (χ4v) is 2.18. The Kier molecular flexibility index (Phi) is 3.81. The standard InChI is InChI=1S/C13H20N4O/c1-3-11-8-18-9(2)7-17(11)12-5-4-10(6-16-12)13(14)15/h4-6,9,11H,3,7-8H2,1-2H3,(H3,14,15). The molecule has 1 aromatic rings. The van der Waals surface area contributed by atoms with Crippen molar-refractivity contribution in [3.05, 3.63) is 23.9 Å². The summed E-state index contributed by atoms with van der Waals surface area (Å²) < 4.78 is 5.67. The molecule has 2 unspecified atom stereocenters. The summed E-state index contributed by atoms with van der Waals surface area (Å²) in [4.78, 5) is 6.68. The van der Waals surface area contributed by atoms with Gasteiger partial charge in [0.1, 0.15) is 11.7 Å². The summed E-state index contributed by atoms with van der Waals surface area (Å²) in [7, 11) is 0. The molecule has 18 heavy (non-hydrogen) atoms. The number of nitrogens with one attached hydrogen (secondary N) is 1. The van der Waals surface area contributed by atoms with Crippen LogP contribution in [0.4, 0.5) is 5.82 Å². The van der Waals surface area contributed by atoms with Gasteiger partial charge in [-0.2, -0.15) is 0 Å². The molecule has 0 aromatic carbocycles. The largest absolute Gasteiger partial charge is 0.384 e. The van der Waals surface area contributed by atoms with Gasteiger partial charge in [0.05, 0.1) is 18.8 Å². The van der Waals surface area contributed by atoms with E-state index in [0.717, 1.165) is 25.4 Å². The normalized spacial score (nSPS) is 24.0. The van der Waals surface area contributed by atoms with Crippen LogP contribution in [0, 0.1) is 5.41 Å². The van der Waals surface area contributed by atoms with E-state index in [4.69, 9.17) is 15.9 Å².